The molecule has 3 aliphatic rings. The van der Waals surface area contributed by atoms with E-state index in [1.165, 1.54) is 57.8 Å². The largest absolute Gasteiger partial charge is 0.294 e. The molecule has 0 radical (unpaired) electrons. The topological polar surface area (TPSA) is 17.1 Å². The number of Topliss-reactive ketones (excluding diaryl/α,β-unsaturated/α-hetero) is 1. The zero-order valence-corrected chi connectivity index (χ0v) is 16.7. The molecule has 142 valence electrons. The van der Waals surface area contributed by atoms with E-state index in [-0.39, 0.29) is 0 Å². The van der Waals surface area contributed by atoms with Crippen LogP contribution in [0.2, 0.25) is 0 Å². The van der Waals surface area contributed by atoms with E-state index < -0.39 is 0 Å². The highest BCUT2D eigenvalue weighted by Crippen LogP contribution is 2.63. The molecule has 1 nitrogen and oxygen atoms in total. The van der Waals surface area contributed by atoms with Crippen LogP contribution < -0.4 is 0 Å². The van der Waals surface area contributed by atoms with Crippen molar-refractivity contribution in [2.75, 3.05) is 0 Å². The average molecular weight is 353 g/mol. The molecule has 0 heterocycles. The fourth-order valence-corrected chi connectivity index (χ4v) is 6.71. The second kappa shape index (κ2) is 7.87. The zero-order valence-electron chi connectivity index (χ0n) is 16.7. The number of hydrogen-bond acceptors (Lipinski definition) is 1. The van der Waals surface area contributed by atoms with Crippen molar-refractivity contribution >= 4 is 5.78 Å². The minimum absolute atomic E-state index is 0.291. The summed E-state index contributed by atoms with van der Waals surface area (Å²) in [5, 5.41) is 0. The summed E-state index contributed by atoms with van der Waals surface area (Å²) >= 11 is 0. The van der Waals surface area contributed by atoms with Crippen LogP contribution in [0.1, 0.15) is 82.0 Å². The maximum Gasteiger partial charge on any atom is 0.166 e. The van der Waals surface area contributed by atoms with E-state index in [9.17, 15) is 4.79 Å². The Kier molecular flexibility index (Phi) is 5.53. The summed E-state index contributed by atoms with van der Waals surface area (Å²) in [7, 11) is 0. The van der Waals surface area contributed by atoms with Gasteiger partial charge in [-0.3, -0.25) is 4.79 Å². The highest BCUT2D eigenvalue weighted by molar-refractivity contribution is 5.98. The van der Waals surface area contributed by atoms with Gasteiger partial charge < -0.3 is 0 Å². The second-order valence-electron chi connectivity index (χ2n) is 9.67. The minimum atomic E-state index is 0.291. The molecule has 0 N–H and O–H groups in total. The molecule has 1 aromatic carbocycles. The van der Waals surface area contributed by atoms with Gasteiger partial charge in [0, 0.05) is 11.5 Å². The maximum atomic E-state index is 13.6. The third-order valence-electron chi connectivity index (χ3n) is 7.84. The van der Waals surface area contributed by atoms with Gasteiger partial charge in [0.15, 0.2) is 5.78 Å². The Hall–Kier alpha value is -1.11. The highest BCUT2D eigenvalue weighted by Gasteiger charge is 2.60. The van der Waals surface area contributed by atoms with Gasteiger partial charge in [0.05, 0.1) is 0 Å². The van der Waals surface area contributed by atoms with Gasteiger partial charge in [-0.05, 0) is 48.3 Å². The lowest BCUT2D eigenvalue weighted by Crippen LogP contribution is -2.27. The molecule has 0 aliphatic heterocycles. The molecule has 3 fully saturated rings. The predicted molar refractivity (Wildman–Crippen MR) is 108 cm³/mol. The highest BCUT2D eigenvalue weighted by atomic mass is 16.1. The Morgan fingerprint density at radius 3 is 2.08 bits per heavy atom. The van der Waals surface area contributed by atoms with Gasteiger partial charge in [0.1, 0.15) is 0 Å². The van der Waals surface area contributed by atoms with Crippen molar-refractivity contribution in [3.63, 3.8) is 0 Å². The fourth-order valence-electron chi connectivity index (χ4n) is 6.71. The molecule has 3 aliphatic carbocycles. The molecular weight excluding hydrogens is 316 g/mol. The van der Waals surface area contributed by atoms with Crippen LogP contribution in [0.15, 0.2) is 30.3 Å². The molecule has 1 heteroatoms. The molecule has 4 atom stereocenters. The number of benzene rings is 1. The van der Waals surface area contributed by atoms with Crippen LogP contribution in [-0.2, 0) is 0 Å². The van der Waals surface area contributed by atoms with Gasteiger partial charge in [-0.1, -0.05) is 89.1 Å². The lowest BCUT2D eigenvalue weighted by molar-refractivity contribution is 0.0830. The van der Waals surface area contributed by atoms with Crippen LogP contribution in [0, 0.1) is 41.4 Å². The summed E-state index contributed by atoms with van der Waals surface area (Å²) in [5.41, 5.74) is 0.959. The van der Waals surface area contributed by atoms with Gasteiger partial charge in [-0.2, -0.15) is 0 Å². The van der Waals surface area contributed by atoms with Crippen molar-refractivity contribution in [2.45, 2.75) is 71.6 Å². The minimum Gasteiger partial charge on any atom is -0.294 e. The van der Waals surface area contributed by atoms with E-state index in [4.69, 9.17) is 0 Å². The first-order valence-corrected chi connectivity index (χ1v) is 11.3. The molecular formula is C25H36O. The Balaban J connectivity index is 1.61. The summed E-state index contributed by atoms with van der Waals surface area (Å²) < 4.78 is 0. The van der Waals surface area contributed by atoms with E-state index in [0.29, 0.717) is 23.5 Å². The van der Waals surface area contributed by atoms with Crippen LogP contribution >= 0.6 is 0 Å². The molecule has 0 spiro atoms. The molecule has 0 bridgehead atoms. The average Bonchev–Trinajstić information content (AvgIpc) is 3.17. The second-order valence-corrected chi connectivity index (χ2v) is 9.67. The first kappa shape index (κ1) is 18.3. The van der Waals surface area contributed by atoms with Gasteiger partial charge in [0.2, 0.25) is 0 Å². The van der Waals surface area contributed by atoms with Crippen LogP contribution in [0.3, 0.4) is 0 Å². The maximum absolute atomic E-state index is 13.6. The van der Waals surface area contributed by atoms with Gasteiger partial charge in [0.25, 0.3) is 0 Å². The number of ketones is 1. The molecule has 4 rings (SSSR count). The third-order valence-corrected chi connectivity index (χ3v) is 7.84. The van der Waals surface area contributed by atoms with Crippen LogP contribution in [0.5, 0.6) is 0 Å². The first-order valence-electron chi connectivity index (χ1n) is 11.3. The molecule has 0 amide bonds. The van der Waals surface area contributed by atoms with Crippen LogP contribution in [0.4, 0.5) is 0 Å². The number of hydrogen-bond donors (Lipinski definition) is 0. The van der Waals surface area contributed by atoms with Crippen molar-refractivity contribution in [2.24, 2.45) is 41.4 Å². The standard InChI is InChI=1S/C25H36O/c1-17(2)21-22(18-11-5-3-6-12-18)24(21)23(19-13-9-10-14-19)25(26)20-15-7-4-8-16-20/h4,7-8,15-19,21-24H,3,5-6,9-14H2,1-2H3. The molecule has 0 aromatic heterocycles. The molecule has 1 aromatic rings. The van der Waals surface area contributed by atoms with E-state index in [2.05, 4.69) is 13.8 Å². The summed E-state index contributed by atoms with van der Waals surface area (Å²) in [4.78, 5) is 13.6. The Labute approximate surface area is 160 Å². The third kappa shape index (κ3) is 3.51. The van der Waals surface area contributed by atoms with E-state index >= 15 is 0 Å². The van der Waals surface area contributed by atoms with Gasteiger partial charge >= 0.3 is 0 Å². The summed E-state index contributed by atoms with van der Waals surface area (Å²) in [6, 6.07) is 10.2. The van der Waals surface area contributed by atoms with Gasteiger partial charge in [-0.25, -0.2) is 0 Å². The van der Waals surface area contributed by atoms with E-state index in [0.717, 1.165) is 29.2 Å². The Bertz CT molecular complexity index is 592. The lowest BCUT2D eigenvalue weighted by atomic mass is 9.77. The normalized spacial score (nSPS) is 31.3. The smallest absolute Gasteiger partial charge is 0.166 e. The summed E-state index contributed by atoms with van der Waals surface area (Å²) in [5.74, 6) is 5.29. The van der Waals surface area contributed by atoms with Crippen molar-refractivity contribution in [3.05, 3.63) is 35.9 Å². The fraction of sp³-hybridized carbons (Fsp3) is 0.720. The van der Waals surface area contributed by atoms with Crippen LogP contribution in [0.25, 0.3) is 0 Å². The number of carbonyl (C=O) groups is 1. The van der Waals surface area contributed by atoms with Gasteiger partial charge in [-0.15, -0.1) is 0 Å². The van der Waals surface area contributed by atoms with Crippen molar-refractivity contribution in [1.82, 2.24) is 0 Å². The van der Waals surface area contributed by atoms with Crippen LogP contribution in [-0.4, -0.2) is 5.78 Å². The molecule has 4 unspecified atom stereocenters. The molecule has 26 heavy (non-hydrogen) atoms. The predicted octanol–water partition coefficient (Wildman–Crippen LogP) is 6.77. The SMILES string of the molecule is CC(C)C1C(C2CCCCC2)C1C(C(=O)c1ccccc1)C1CCCC1. The first-order chi connectivity index (χ1) is 12.7. The van der Waals surface area contributed by atoms with E-state index in [1.54, 1.807) is 0 Å². The van der Waals surface area contributed by atoms with Crippen molar-refractivity contribution < 1.29 is 4.79 Å². The Morgan fingerprint density at radius 2 is 1.46 bits per heavy atom. The monoisotopic (exact) mass is 352 g/mol. The van der Waals surface area contributed by atoms with Crippen molar-refractivity contribution in [1.29, 1.82) is 0 Å². The van der Waals surface area contributed by atoms with E-state index in [1.807, 2.05) is 30.3 Å². The van der Waals surface area contributed by atoms with Crippen molar-refractivity contribution in [3.8, 4) is 0 Å². The Morgan fingerprint density at radius 1 is 0.846 bits per heavy atom. The number of rotatable bonds is 6. The zero-order chi connectivity index (χ0) is 18.1. The lowest BCUT2D eigenvalue weighted by Gasteiger charge is -2.26. The summed E-state index contributed by atoms with van der Waals surface area (Å²) in [6.45, 7) is 4.80. The molecule has 0 saturated heterocycles. The molecule has 3 saturated carbocycles. The quantitative estimate of drug-likeness (QED) is 0.516. The summed E-state index contributed by atoms with van der Waals surface area (Å²) in [6.07, 6.45) is 12.3. The number of carbonyl (C=O) groups excluding carboxylic acids is 1.